The number of phenolic OH excluding ortho intramolecular Hbond substituents is 1. The van der Waals surface area contributed by atoms with E-state index in [-0.39, 0.29) is 70.0 Å². The fourth-order valence-corrected chi connectivity index (χ4v) is 5.66. The van der Waals surface area contributed by atoms with Gasteiger partial charge in [0, 0.05) is 64.8 Å². The molecule has 1 aromatic heterocycles. The summed E-state index contributed by atoms with van der Waals surface area (Å²) in [6.45, 7) is 2.92. The van der Waals surface area contributed by atoms with Gasteiger partial charge in [0.2, 0.25) is 5.91 Å². The van der Waals surface area contributed by atoms with E-state index < -0.39 is 41.1 Å². The molecule has 0 bridgehead atoms. The molecule has 0 aliphatic heterocycles. The fraction of sp³-hybridized carbons (Fsp3) is 0.146. The summed E-state index contributed by atoms with van der Waals surface area (Å²) in [5.74, 6) is -5.51. The van der Waals surface area contributed by atoms with Gasteiger partial charge in [-0.15, -0.1) is 0 Å². The third-order valence-corrected chi connectivity index (χ3v) is 8.93. The lowest BCUT2D eigenvalue weighted by molar-refractivity contribution is -0.119. The van der Waals surface area contributed by atoms with Crippen LogP contribution in [0.5, 0.6) is 11.5 Å². The summed E-state index contributed by atoms with van der Waals surface area (Å²) >= 11 is 0. The SMILES string of the molecule is Cc1c(NC(=O)c2ccc(NC(=O)c3ccc(NC(=O)C(CC#N)CC(=O)c4ccc(CC(=O)c5ccc[nH]5)cc4)cc3)c(C)c2O)ccc(C(=O)O)c1O. The van der Waals surface area contributed by atoms with E-state index in [1.54, 1.807) is 42.6 Å². The van der Waals surface area contributed by atoms with Crippen molar-refractivity contribution in [2.75, 3.05) is 16.0 Å². The third-order valence-electron chi connectivity index (χ3n) is 8.93. The van der Waals surface area contributed by atoms with Gasteiger partial charge in [-0.1, -0.05) is 24.3 Å². The van der Waals surface area contributed by atoms with Crippen LogP contribution in [0.4, 0.5) is 17.1 Å². The first-order chi connectivity index (χ1) is 26.3. The Morgan fingerprint density at radius 3 is 1.87 bits per heavy atom. The average molecular weight is 742 g/mol. The predicted molar refractivity (Wildman–Crippen MR) is 202 cm³/mol. The van der Waals surface area contributed by atoms with E-state index in [9.17, 15) is 49.3 Å². The molecule has 0 fully saturated rings. The number of H-pyrrole nitrogens is 1. The molecule has 7 N–H and O–H groups in total. The quantitative estimate of drug-likeness (QED) is 0.0617. The highest BCUT2D eigenvalue weighted by Crippen LogP contribution is 2.32. The Hall–Kier alpha value is -7.53. The summed E-state index contributed by atoms with van der Waals surface area (Å²) in [4.78, 5) is 78.7. The maximum atomic E-state index is 13.1. The summed E-state index contributed by atoms with van der Waals surface area (Å²) in [5.41, 5.74) is 2.23. The number of carboxylic acid groups (broad SMARTS) is 1. The lowest BCUT2D eigenvalue weighted by Crippen LogP contribution is -2.25. The van der Waals surface area contributed by atoms with Crippen LogP contribution in [0.25, 0.3) is 0 Å². The van der Waals surface area contributed by atoms with Crippen LogP contribution in [0.1, 0.15) is 81.5 Å². The number of carboxylic acids is 1. The van der Waals surface area contributed by atoms with Crippen LogP contribution < -0.4 is 16.0 Å². The Kier molecular flexibility index (Phi) is 11.9. The second kappa shape index (κ2) is 16.9. The molecule has 3 amide bonds. The first-order valence-corrected chi connectivity index (χ1v) is 16.8. The number of nitrogens with one attached hydrogen (secondary N) is 4. The molecule has 55 heavy (non-hydrogen) atoms. The highest BCUT2D eigenvalue weighted by molar-refractivity contribution is 6.09. The van der Waals surface area contributed by atoms with Crippen molar-refractivity contribution in [3.8, 4) is 17.6 Å². The minimum absolute atomic E-state index is 0.0992. The molecule has 4 aromatic carbocycles. The molecule has 278 valence electrons. The molecule has 1 unspecified atom stereocenters. The Morgan fingerprint density at radius 1 is 0.709 bits per heavy atom. The van der Waals surface area contributed by atoms with Crippen LogP contribution >= 0.6 is 0 Å². The number of benzene rings is 4. The molecular formula is C41H35N5O9. The van der Waals surface area contributed by atoms with Crippen molar-refractivity contribution in [3.63, 3.8) is 0 Å². The number of aromatic nitrogens is 1. The molecule has 0 radical (unpaired) electrons. The number of anilines is 3. The molecule has 5 aromatic rings. The highest BCUT2D eigenvalue weighted by atomic mass is 16.4. The predicted octanol–water partition coefficient (Wildman–Crippen LogP) is 6.41. The largest absolute Gasteiger partial charge is 0.507 e. The van der Waals surface area contributed by atoms with Crippen molar-refractivity contribution in [1.82, 2.24) is 4.98 Å². The van der Waals surface area contributed by atoms with Crippen LogP contribution in [0.3, 0.4) is 0 Å². The van der Waals surface area contributed by atoms with Crippen LogP contribution in [0.15, 0.2) is 91.1 Å². The summed E-state index contributed by atoms with van der Waals surface area (Å²) in [6, 6.07) is 22.9. The smallest absolute Gasteiger partial charge is 0.339 e. The number of nitriles is 1. The van der Waals surface area contributed by atoms with Crippen LogP contribution in [0, 0.1) is 31.1 Å². The number of carbonyl (C=O) groups excluding carboxylic acids is 5. The normalized spacial score (nSPS) is 11.1. The standard InChI is InChI=1S/C41H35N5O9/c1-22-31(15-13-29(36(22)49)40(53)46-32-16-14-30(41(54)55)37(50)23(32)2)45-38(51)26-9-11-28(12-10-26)44-39(52)27(17-18-42)21-34(47)25-7-5-24(6-8-25)20-35(48)33-4-3-19-43-33/h3-16,19,27,43,49-50H,17,20-21H2,1-2H3,(H,44,52)(H,45,51)(H,46,53)(H,54,55). The van der Waals surface area contributed by atoms with Crippen molar-refractivity contribution in [3.05, 3.63) is 136 Å². The molecule has 0 saturated carbocycles. The maximum Gasteiger partial charge on any atom is 0.339 e. The fourth-order valence-electron chi connectivity index (χ4n) is 5.66. The summed E-state index contributed by atoms with van der Waals surface area (Å²) in [6.07, 6.45) is 1.37. The van der Waals surface area contributed by atoms with Gasteiger partial charge in [-0.25, -0.2) is 4.79 Å². The van der Waals surface area contributed by atoms with E-state index in [0.29, 0.717) is 22.5 Å². The van der Waals surface area contributed by atoms with Gasteiger partial charge in [0.15, 0.2) is 11.6 Å². The topological polar surface area (TPSA) is 239 Å². The van der Waals surface area contributed by atoms with E-state index in [1.165, 1.54) is 56.3 Å². The van der Waals surface area contributed by atoms with E-state index in [0.717, 1.165) is 6.07 Å². The van der Waals surface area contributed by atoms with Gasteiger partial charge in [0.05, 0.1) is 23.2 Å². The zero-order valence-corrected chi connectivity index (χ0v) is 29.6. The van der Waals surface area contributed by atoms with E-state index in [4.69, 9.17) is 0 Å². The Labute approximate surface area is 314 Å². The zero-order valence-electron chi connectivity index (χ0n) is 29.6. The number of hydrogen-bond donors (Lipinski definition) is 7. The number of hydrogen-bond acceptors (Lipinski definition) is 9. The lowest BCUT2D eigenvalue weighted by Gasteiger charge is -2.15. The molecule has 14 heteroatoms. The average Bonchev–Trinajstić information content (AvgIpc) is 3.71. The number of aromatic carboxylic acids is 1. The zero-order chi connectivity index (χ0) is 39.8. The van der Waals surface area contributed by atoms with Gasteiger partial charge in [-0.2, -0.15) is 5.26 Å². The summed E-state index contributed by atoms with van der Waals surface area (Å²) in [7, 11) is 0. The van der Waals surface area contributed by atoms with Gasteiger partial charge in [0.25, 0.3) is 11.8 Å². The molecule has 14 nitrogen and oxygen atoms in total. The monoisotopic (exact) mass is 741 g/mol. The number of amides is 3. The number of carbonyl (C=O) groups is 6. The number of aromatic hydroxyl groups is 2. The van der Waals surface area contributed by atoms with Crippen molar-refractivity contribution < 1.29 is 44.1 Å². The number of rotatable bonds is 14. The first kappa shape index (κ1) is 38.7. The van der Waals surface area contributed by atoms with E-state index >= 15 is 0 Å². The molecular weight excluding hydrogens is 706 g/mol. The minimum atomic E-state index is -1.34. The van der Waals surface area contributed by atoms with Crippen molar-refractivity contribution in [2.24, 2.45) is 5.92 Å². The minimum Gasteiger partial charge on any atom is -0.507 e. The Morgan fingerprint density at radius 2 is 1.29 bits per heavy atom. The Balaban J connectivity index is 1.17. The molecule has 1 atom stereocenters. The number of ketones is 2. The summed E-state index contributed by atoms with van der Waals surface area (Å²) < 4.78 is 0. The van der Waals surface area contributed by atoms with Gasteiger partial charge < -0.3 is 36.3 Å². The second-order valence-electron chi connectivity index (χ2n) is 12.6. The summed E-state index contributed by atoms with van der Waals surface area (Å²) in [5, 5.41) is 47.4. The van der Waals surface area contributed by atoms with Crippen LogP contribution in [-0.2, 0) is 11.2 Å². The van der Waals surface area contributed by atoms with Gasteiger partial charge in [-0.05, 0) is 80.1 Å². The van der Waals surface area contributed by atoms with Crippen molar-refractivity contribution in [2.45, 2.75) is 33.1 Å². The van der Waals surface area contributed by atoms with Gasteiger partial charge >= 0.3 is 5.97 Å². The molecule has 0 saturated heterocycles. The van der Waals surface area contributed by atoms with Crippen molar-refractivity contribution in [1.29, 1.82) is 5.26 Å². The lowest BCUT2D eigenvalue weighted by atomic mass is 9.94. The molecule has 0 aliphatic rings. The molecule has 0 aliphatic carbocycles. The Bertz CT molecular complexity index is 2340. The number of nitrogens with zero attached hydrogens (tertiary/aromatic N) is 1. The molecule has 1 heterocycles. The first-order valence-electron chi connectivity index (χ1n) is 16.8. The number of Topliss-reactive ketones (excluding diaryl/α,β-unsaturated/α-hetero) is 2. The van der Waals surface area contributed by atoms with E-state index in [2.05, 4.69) is 20.9 Å². The van der Waals surface area contributed by atoms with Crippen molar-refractivity contribution >= 4 is 52.3 Å². The second-order valence-corrected chi connectivity index (χ2v) is 12.6. The van der Waals surface area contributed by atoms with Crippen LogP contribution in [-0.4, -0.2) is 55.6 Å². The maximum absolute atomic E-state index is 13.1. The number of phenols is 2. The number of aromatic amines is 1. The van der Waals surface area contributed by atoms with Gasteiger partial charge in [-0.3, -0.25) is 24.0 Å². The molecule has 5 rings (SSSR count). The van der Waals surface area contributed by atoms with Gasteiger partial charge in [0.1, 0.15) is 17.1 Å². The van der Waals surface area contributed by atoms with E-state index in [1.807, 2.05) is 6.07 Å². The molecule has 0 spiro atoms. The highest BCUT2D eigenvalue weighted by Gasteiger charge is 2.24. The third kappa shape index (κ3) is 9.10. The van der Waals surface area contributed by atoms with Crippen LogP contribution in [0.2, 0.25) is 0 Å².